The number of methoxy groups -OCH3 is 1. The van der Waals surface area contributed by atoms with Crippen molar-refractivity contribution in [3.05, 3.63) is 28.8 Å². The van der Waals surface area contributed by atoms with Crippen molar-refractivity contribution >= 4 is 23.4 Å². The molecule has 1 rings (SSSR count). The van der Waals surface area contributed by atoms with Gasteiger partial charge in [0.05, 0.1) is 18.2 Å². The smallest absolute Gasteiger partial charge is 0.142 e. The predicted molar refractivity (Wildman–Crippen MR) is 88.1 cm³/mol. The summed E-state index contributed by atoms with van der Waals surface area (Å²) in [5.41, 5.74) is 1.09. The number of nitrogens with one attached hydrogen (secondary N) is 1. The topological polar surface area (TPSA) is 30.5 Å². The highest BCUT2D eigenvalue weighted by molar-refractivity contribution is 7.99. The number of para-hydroxylation sites is 1. The van der Waals surface area contributed by atoms with Crippen LogP contribution in [0.5, 0.6) is 5.75 Å². The minimum atomic E-state index is 0.680. The van der Waals surface area contributed by atoms with Crippen LogP contribution in [0, 0.1) is 0 Å². The first-order valence-corrected chi connectivity index (χ1v) is 8.50. The highest BCUT2D eigenvalue weighted by Gasteiger charge is 2.08. The van der Waals surface area contributed by atoms with E-state index in [1.54, 1.807) is 7.11 Å². The van der Waals surface area contributed by atoms with E-state index in [0.29, 0.717) is 18.2 Å². The molecule has 0 aromatic heterocycles. The van der Waals surface area contributed by atoms with Crippen molar-refractivity contribution < 1.29 is 9.47 Å². The number of thioether (sulfide) groups is 1. The molecule has 1 aromatic carbocycles. The number of hydrogen-bond acceptors (Lipinski definition) is 4. The van der Waals surface area contributed by atoms with Crippen LogP contribution in [0.15, 0.2) is 18.2 Å². The summed E-state index contributed by atoms with van der Waals surface area (Å²) in [5.74, 6) is 3.09. The first-order chi connectivity index (χ1) is 9.79. The van der Waals surface area contributed by atoms with Gasteiger partial charge in [-0.3, -0.25) is 0 Å². The van der Waals surface area contributed by atoms with E-state index in [1.807, 2.05) is 30.0 Å². The lowest BCUT2D eigenvalue weighted by Gasteiger charge is -2.13. The summed E-state index contributed by atoms with van der Waals surface area (Å²) in [6.07, 6.45) is 1.04. The Kier molecular flexibility index (Phi) is 9.93. The summed E-state index contributed by atoms with van der Waals surface area (Å²) in [4.78, 5) is 0. The van der Waals surface area contributed by atoms with Crippen LogP contribution in [-0.2, 0) is 11.3 Å². The maximum absolute atomic E-state index is 6.23. The monoisotopic (exact) mass is 317 g/mol. The lowest BCUT2D eigenvalue weighted by molar-refractivity contribution is 0.199. The molecule has 0 aliphatic carbocycles. The minimum absolute atomic E-state index is 0.680. The van der Waals surface area contributed by atoms with Gasteiger partial charge in [0.2, 0.25) is 0 Å². The Bertz CT molecular complexity index is 377. The highest BCUT2D eigenvalue weighted by Crippen LogP contribution is 2.28. The summed E-state index contributed by atoms with van der Waals surface area (Å²) < 4.78 is 10.9. The standard InChI is InChI=1S/C15H24ClNO2S/c1-3-20-11-5-9-19-15-13(6-4-7-14(15)16)12-17-8-10-18-2/h4,6-7,17H,3,5,8-12H2,1-2H3. The Morgan fingerprint density at radius 2 is 2.15 bits per heavy atom. The average Bonchev–Trinajstić information content (AvgIpc) is 2.45. The van der Waals surface area contributed by atoms with Gasteiger partial charge in [-0.05, 0) is 24.0 Å². The second-order valence-electron chi connectivity index (χ2n) is 4.30. The molecule has 0 bridgehead atoms. The average molecular weight is 318 g/mol. The summed E-state index contributed by atoms with van der Waals surface area (Å²) in [6.45, 7) is 5.13. The predicted octanol–water partition coefficient (Wildman–Crippen LogP) is 3.60. The number of benzene rings is 1. The Labute approximate surface area is 131 Å². The van der Waals surface area contributed by atoms with Crippen LogP contribution in [0.3, 0.4) is 0 Å². The van der Waals surface area contributed by atoms with E-state index in [2.05, 4.69) is 12.2 Å². The van der Waals surface area contributed by atoms with Crippen molar-refractivity contribution in [2.45, 2.75) is 19.9 Å². The molecular formula is C15H24ClNO2S. The van der Waals surface area contributed by atoms with Gasteiger partial charge in [0.15, 0.2) is 0 Å². The summed E-state index contributed by atoms with van der Waals surface area (Å²) in [7, 11) is 1.70. The van der Waals surface area contributed by atoms with Crippen molar-refractivity contribution in [3.8, 4) is 5.75 Å². The second kappa shape index (κ2) is 11.3. The van der Waals surface area contributed by atoms with Gasteiger partial charge in [0.1, 0.15) is 5.75 Å². The molecule has 0 saturated carbocycles. The van der Waals surface area contributed by atoms with Crippen LogP contribution >= 0.6 is 23.4 Å². The summed E-state index contributed by atoms with van der Waals surface area (Å²) in [5, 5.41) is 3.99. The number of ether oxygens (including phenoxy) is 2. The third kappa shape index (κ3) is 6.84. The van der Waals surface area contributed by atoms with E-state index in [0.717, 1.165) is 42.3 Å². The van der Waals surface area contributed by atoms with Gasteiger partial charge in [-0.1, -0.05) is 30.7 Å². The molecule has 114 valence electrons. The second-order valence-corrected chi connectivity index (χ2v) is 6.10. The van der Waals surface area contributed by atoms with E-state index in [-0.39, 0.29) is 0 Å². The van der Waals surface area contributed by atoms with E-state index in [4.69, 9.17) is 21.1 Å². The lowest BCUT2D eigenvalue weighted by atomic mass is 10.2. The fourth-order valence-electron chi connectivity index (χ4n) is 1.73. The lowest BCUT2D eigenvalue weighted by Crippen LogP contribution is -2.19. The van der Waals surface area contributed by atoms with Gasteiger partial charge in [0, 0.05) is 25.8 Å². The highest BCUT2D eigenvalue weighted by atomic mass is 35.5. The van der Waals surface area contributed by atoms with Crippen LogP contribution in [0.2, 0.25) is 5.02 Å². The minimum Gasteiger partial charge on any atom is -0.492 e. The fourth-order valence-corrected chi connectivity index (χ4v) is 2.59. The van der Waals surface area contributed by atoms with E-state index >= 15 is 0 Å². The van der Waals surface area contributed by atoms with Crippen molar-refractivity contribution in [2.24, 2.45) is 0 Å². The molecule has 3 nitrogen and oxygen atoms in total. The molecule has 0 unspecified atom stereocenters. The number of halogens is 1. The maximum Gasteiger partial charge on any atom is 0.142 e. The fraction of sp³-hybridized carbons (Fsp3) is 0.600. The van der Waals surface area contributed by atoms with Gasteiger partial charge in [-0.25, -0.2) is 0 Å². The van der Waals surface area contributed by atoms with E-state index in [1.165, 1.54) is 0 Å². The molecule has 0 spiro atoms. The van der Waals surface area contributed by atoms with Crippen molar-refractivity contribution in [2.75, 3.05) is 38.4 Å². The Morgan fingerprint density at radius 1 is 1.30 bits per heavy atom. The van der Waals surface area contributed by atoms with Crippen LogP contribution < -0.4 is 10.1 Å². The van der Waals surface area contributed by atoms with Crippen molar-refractivity contribution in [3.63, 3.8) is 0 Å². The first-order valence-electron chi connectivity index (χ1n) is 6.97. The first kappa shape index (κ1) is 17.6. The van der Waals surface area contributed by atoms with Crippen molar-refractivity contribution in [1.82, 2.24) is 5.32 Å². The molecule has 0 fully saturated rings. The normalized spacial score (nSPS) is 10.8. The van der Waals surface area contributed by atoms with Crippen molar-refractivity contribution in [1.29, 1.82) is 0 Å². The SMILES string of the molecule is CCSCCCOc1c(Cl)cccc1CNCCOC. The molecule has 0 amide bonds. The maximum atomic E-state index is 6.23. The molecule has 0 aliphatic rings. The van der Waals surface area contributed by atoms with Gasteiger partial charge in [0.25, 0.3) is 0 Å². The molecule has 5 heteroatoms. The van der Waals surface area contributed by atoms with Crippen LogP contribution in [0.25, 0.3) is 0 Å². The van der Waals surface area contributed by atoms with Gasteiger partial charge < -0.3 is 14.8 Å². The number of rotatable bonds is 11. The van der Waals surface area contributed by atoms with Gasteiger partial charge in [-0.15, -0.1) is 0 Å². The molecular weight excluding hydrogens is 294 g/mol. The molecule has 20 heavy (non-hydrogen) atoms. The van der Waals surface area contributed by atoms with Crippen LogP contribution in [0.1, 0.15) is 18.9 Å². The molecule has 1 N–H and O–H groups in total. The molecule has 0 radical (unpaired) electrons. The Hall–Kier alpha value is -0.420. The molecule has 0 atom stereocenters. The third-order valence-corrected chi connectivity index (χ3v) is 4.01. The molecule has 0 saturated heterocycles. The quantitative estimate of drug-likeness (QED) is 0.632. The zero-order valence-corrected chi connectivity index (χ0v) is 13.9. The molecule has 0 heterocycles. The zero-order chi connectivity index (χ0) is 14.6. The Morgan fingerprint density at radius 3 is 2.90 bits per heavy atom. The number of hydrogen-bond donors (Lipinski definition) is 1. The van der Waals surface area contributed by atoms with E-state index in [9.17, 15) is 0 Å². The summed E-state index contributed by atoms with van der Waals surface area (Å²) >= 11 is 8.16. The third-order valence-electron chi connectivity index (χ3n) is 2.73. The zero-order valence-electron chi connectivity index (χ0n) is 12.3. The van der Waals surface area contributed by atoms with Gasteiger partial charge in [-0.2, -0.15) is 11.8 Å². The van der Waals surface area contributed by atoms with Crippen LogP contribution in [0.4, 0.5) is 0 Å². The van der Waals surface area contributed by atoms with Crippen LogP contribution in [-0.4, -0.2) is 38.4 Å². The van der Waals surface area contributed by atoms with Gasteiger partial charge >= 0.3 is 0 Å². The largest absolute Gasteiger partial charge is 0.492 e. The molecule has 0 aliphatic heterocycles. The summed E-state index contributed by atoms with van der Waals surface area (Å²) in [6, 6.07) is 5.87. The molecule has 1 aromatic rings. The Balaban J connectivity index is 2.45. The van der Waals surface area contributed by atoms with E-state index < -0.39 is 0 Å².